The molecule has 0 saturated carbocycles. The van der Waals surface area contributed by atoms with Crippen molar-refractivity contribution in [1.29, 1.82) is 0 Å². The molecule has 0 heterocycles. The average Bonchev–Trinajstić information content (AvgIpc) is 2.83. The van der Waals surface area contributed by atoms with Crippen molar-refractivity contribution in [3.05, 3.63) is 121 Å². The number of hydrogen-bond acceptors (Lipinski definition) is 3. The third kappa shape index (κ3) is 4.55. The van der Waals surface area contributed by atoms with Crippen LogP contribution < -0.4 is 5.30 Å². The molecule has 0 N–H and O–H groups in total. The second kappa shape index (κ2) is 10.4. The Hall–Kier alpha value is -2.52. The highest BCUT2D eigenvalue weighted by Crippen LogP contribution is 2.36. The molecule has 8 heteroatoms. The molecule has 0 unspecified atom stereocenters. The van der Waals surface area contributed by atoms with Gasteiger partial charge in [-0.25, -0.2) is 0 Å². The van der Waals surface area contributed by atoms with Crippen molar-refractivity contribution in [2.75, 3.05) is 0 Å². The quantitative estimate of drug-likeness (QED) is 0.181. The topological polar surface area (TPSA) is 51.2 Å². The molecule has 0 aromatic heterocycles. The molecule has 4 aromatic carbocycles. The van der Waals surface area contributed by atoms with Gasteiger partial charge in [0.1, 0.15) is 0 Å². The molecule has 168 valence electrons. The average molecular weight is 546 g/mol. The van der Waals surface area contributed by atoms with Crippen LogP contribution in [0.25, 0.3) is 11.1 Å². The number of rotatable bonds is 6. The summed E-state index contributed by atoms with van der Waals surface area (Å²) in [7, 11) is -0.463. The number of carbonyl (C=O) groups is 2. The van der Waals surface area contributed by atoms with Crippen molar-refractivity contribution in [3.63, 3.8) is 0 Å². The zero-order valence-electron chi connectivity index (χ0n) is 17.2. The highest BCUT2D eigenvalue weighted by atomic mass is 35.5. The standard InChI is InChI=1S/C26H13Cl4O3P/c27-16-8-4-9-17(28)22(16)25(31)21-15(14-6-2-1-3-7-14)12-13-20(34-33)24(21)26(32)23-18(29)10-5-11-19(23)30/h1-13H. The van der Waals surface area contributed by atoms with E-state index in [9.17, 15) is 14.2 Å². The largest absolute Gasteiger partial charge is 0.288 e. The van der Waals surface area contributed by atoms with Gasteiger partial charge >= 0.3 is 0 Å². The van der Waals surface area contributed by atoms with E-state index in [2.05, 4.69) is 0 Å². The number of carbonyl (C=O) groups excluding carboxylic acids is 2. The summed E-state index contributed by atoms with van der Waals surface area (Å²) < 4.78 is 12.1. The van der Waals surface area contributed by atoms with Gasteiger partial charge in [0.05, 0.1) is 36.5 Å². The van der Waals surface area contributed by atoms with Gasteiger partial charge in [0.25, 0.3) is 0 Å². The van der Waals surface area contributed by atoms with Crippen LogP contribution in [0.15, 0.2) is 78.9 Å². The van der Waals surface area contributed by atoms with E-state index in [-0.39, 0.29) is 47.6 Å². The Morgan fingerprint density at radius 2 is 1.00 bits per heavy atom. The van der Waals surface area contributed by atoms with Gasteiger partial charge in [-0.3, -0.25) is 14.2 Å². The molecule has 0 fully saturated rings. The lowest BCUT2D eigenvalue weighted by molar-refractivity contribution is 0.100. The fourth-order valence-corrected chi connectivity index (χ4v) is 5.25. The number of benzene rings is 4. The Bertz CT molecular complexity index is 1410. The van der Waals surface area contributed by atoms with Crippen LogP contribution in [-0.4, -0.2) is 11.6 Å². The van der Waals surface area contributed by atoms with E-state index in [4.69, 9.17) is 46.4 Å². The lowest BCUT2D eigenvalue weighted by Gasteiger charge is -2.17. The summed E-state index contributed by atoms with van der Waals surface area (Å²) in [6.07, 6.45) is 0. The van der Waals surface area contributed by atoms with Crippen LogP contribution >= 0.6 is 54.9 Å². The number of halogens is 4. The SMILES string of the molecule is O=Pc1ccc(-c2ccccc2)c(C(=O)c2c(Cl)cccc2Cl)c1C(=O)c1c(Cl)cccc1Cl. The molecule has 3 nitrogen and oxygen atoms in total. The van der Waals surface area contributed by atoms with Crippen LogP contribution in [0.5, 0.6) is 0 Å². The Morgan fingerprint density at radius 3 is 1.47 bits per heavy atom. The third-order valence-electron chi connectivity index (χ3n) is 5.20. The Kier molecular flexibility index (Phi) is 7.52. The molecule has 0 aliphatic heterocycles. The van der Waals surface area contributed by atoms with Crippen molar-refractivity contribution in [2.45, 2.75) is 0 Å². The molecule has 0 amide bonds. The number of ketones is 2. The summed E-state index contributed by atoms with van der Waals surface area (Å²) in [5.41, 5.74) is 1.06. The van der Waals surface area contributed by atoms with Crippen LogP contribution in [0.3, 0.4) is 0 Å². The molecular weight excluding hydrogens is 533 g/mol. The first-order valence-electron chi connectivity index (χ1n) is 9.88. The molecule has 0 spiro atoms. The summed E-state index contributed by atoms with van der Waals surface area (Å²) in [6, 6.07) is 21.5. The molecule has 4 rings (SSSR count). The van der Waals surface area contributed by atoms with E-state index in [1.54, 1.807) is 42.5 Å². The fraction of sp³-hybridized carbons (Fsp3) is 0. The Morgan fingerprint density at radius 1 is 0.529 bits per heavy atom. The minimum absolute atomic E-state index is 0.000232. The van der Waals surface area contributed by atoms with Gasteiger partial charge in [0, 0.05) is 11.1 Å². The van der Waals surface area contributed by atoms with E-state index < -0.39 is 20.0 Å². The molecule has 0 radical (unpaired) electrons. The predicted octanol–water partition coefficient (Wildman–Crippen LogP) is 8.35. The van der Waals surface area contributed by atoms with Crippen molar-refractivity contribution in [2.24, 2.45) is 0 Å². The van der Waals surface area contributed by atoms with Crippen LogP contribution in [0, 0.1) is 0 Å². The monoisotopic (exact) mass is 544 g/mol. The molecule has 4 aromatic rings. The second-order valence-electron chi connectivity index (χ2n) is 7.19. The third-order valence-corrected chi connectivity index (χ3v) is 7.03. The van der Waals surface area contributed by atoms with Gasteiger partial charge in [-0.2, -0.15) is 0 Å². The minimum atomic E-state index is -0.641. The Labute approximate surface area is 217 Å². The van der Waals surface area contributed by atoms with Gasteiger partial charge in [-0.1, -0.05) is 94.9 Å². The first-order chi connectivity index (χ1) is 16.3. The maximum atomic E-state index is 14.0. The van der Waals surface area contributed by atoms with Gasteiger partial charge < -0.3 is 0 Å². The fourth-order valence-electron chi connectivity index (χ4n) is 3.67. The predicted molar refractivity (Wildman–Crippen MR) is 139 cm³/mol. The smallest absolute Gasteiger partial charge is 0.197 e. The lowest BCUT2D eigenvalue weighted by Crippen LogP contribution is -2.21. The van der Waals surface area contributed by atoms with E-state index in [1.165, 1.54) is 30.3 Å². The summed E-state index contributed by atoms with van der Waals surface area (Å²) in [5.74, 6) is -1.23. The first-order valence-corrected chi connectivity index (χ1v) is 12.2. The van der Waals surface area contributed by atoms with Crippen molar-refractivity contribution in [3.8, 4) is 11.1 Å². The van der Waals surface area contributed by atoms with Crippen LogP contribution in [0.2, 0.25) is 20.1 Å². The molecule has 34 heavy (non-hydrogen) atoms. The Balaban J connectivity index is 2.11. The second-order valence-corrected chi connectivity index (χ2v) is 9.48. The molecule has 0 aliphatic rings. The van der Waals surface area contributed by atoms with Gasteiger partial charge in [-0.05, 0) is 41.5 Å². The van der Waals surface area contributed by atoms with Crippen LogP contribution in [0.1, 0.15) is 31.8 Å². The summed E-state index contributed by atoms with van der Waals surface area (Å²) in [4.78, 5) is 27.8. The molecule has 0 saturated heterocycles. The van der Waals surface area contributed by atoms with Gasteiger partial charge in [-0.15, -0.1) is 0 Å². The summed E-state index contributed by atoms with van der Waals surface area (Å²) >= 11 is 25.3. The minimum Gasteiger partial charge on any atom is -0.288 e. The van der Waals surface area contributed by atoms with Crippen molar-refractivity contribution in [1.82, 2.24) is 0 Å². The maximum Gasteiger partial charge on any atom is 0.197 e. The molecule has 0 bridgehead atoms. The van der Waals surface area contributed by atoms with Gasteiger partial charge in [0.15, 0.2) is 20.0 Å². The first kappa shape index (κ1) is 24.6. The molecule has 0 atom stereocenters. The summed E-state index contributed by atoms with van der Waals surface area (Å²) in [5, 5.41) is 0.550. The lowest BCUT2D eigenvalue weighted by atomic mass is 9.87. The van der Waals surface area contributed by atoms with E-state index in [0.29, 0.717) is 11.1 Å². The van der Waals surface area contributed by atoms with E-state index in [0.717, 1.165) is 0 Å². The molecular formula is C26H13Cl4O3P. The van der Waals surface area contributed by atoms with E-state index in [1.807, 2.05) is 6.07 Å². The highest BCUT2D eigenvalue weighted by molar-refractivity contribution is 7.34. The van der Waals surface area contributed by atoms with Crippen LogP contribution in [0.4, 0.5) is 0 Å². The highest BCUT2D eigenvalue weighted by Gasteiger charge is 2.30. The summed E-state index contributed by atoms with van der Waals surface area (Å²) in [6.45, 7) is 0. The van der Waals surface area contributed by atoms with Crippen molar-refractivity contribution < 1.29 is 14.2 Å². The normalized spacial score (nSPS) is 10.9. The molecule has 0 aliphatic carbocycles. The number of hydrogen-bond donors (Lipinski definition) is 0. The zero-order chi connectivity index (χ0) is 24.4. The van der Waals surface area contributed by atoms with E-state index >= 15 is 0 Å². The maximum absolute atomic E-state index is 14.0. The zero-order valence-corrected chi connectivity index (χ0v) is 21.1. The van der Waals surface area contributed by atoms with Crippen LogP contribution in [-0.2, 0) is 4.57 Å². The van der Waals surface area contributed by atoms with Crippen molar-refractivity contribution >= 4 is 71.7 Å². The van der Waals surface area contributed by atoms with Gasteiger partial charge in [0.2, 0.25) is 0 Å².